The molecule has 0 radical (unpaired) electrons. The normalized spacial score (nSPS) is 11.6. The van der Waals surface area contributed by atoms with Crippen molar-refractivity contribution in [2.24, 2.45) is 0 Å². The number of fused-ring (bicyclic) bond motifs is 1. The lowest BCUT2D eigenvalue weighted by atomic mass is 10.1. The van der Waals surface area contributed by atoms with Crippen LogP contribution in [0.25, 0.3) is 22.7 Å². The largest absolute Gasteiger partial charge is 0.506 e. The summed E-state index contributed by atoms with van der Waals surface area (Å²) in [5.41, 5.74) is 2.52. The Balaban J connectivity index is 2.13. The molecule has 0 saturated carbocycles. The van der Waals surface area contributed by atoms with Gasteiger partial charge in [0.25, 0.3) is 0 Å². The summed E-state index contributed by atoms with van der Waals surface area (Å²) in [5.74, 6) is 0.547. The lowest BCUT2D eigenvalue weighted by molar-refractivity contribution is 0.470. The molecular weight excluding hydrogens is 410 g/mol. The number of aromatic nitrogens is 2. The van der Waals surface area contributed by atoms with E-state index >= 15 is 0 Å². The minimum absolute atomic E-state index is 0.0760. The fourth-order valence-corrected chi connectivity index (χ4v) is 3.34. The highest BCUT2D eigenvalue weighted by molar-refractivity contribution is 9.11. The molecule has 2 aromatic carbocycles. The third-order valence-electron chi connectivity index (χ3n) is 3.12. The monoisotopic (exact) mass is 417 g/mol. The van der Waals surface area contributed by atoms with E-state index < -0.39 is 0 Å². The second kappa shape index (κ2) is 5.95. The fourth-order valence-electron chi connectivity index (χ4n) is 2.09. The summed E-state index contributed by atoms with van der Waals surface area (Å²) in [4.78, 5) is 7.51. The number of halogens is 2. The number of aromatic amines is 1. The van der Waals surface area contributed by atoms with Crippen molar-refractivity contribution in [3.8, 4) is 11.8 Å². The van der Waals surface area contributed by atoms with Gasteiger partial charge in [0.2, 0.25) is 0 Å². The molecular formula is C16H9Br2N3O. The highest BCUT2D eigenvalue weighted by Crippen LogP contribution is 2.34. The molecule has 0 unspecified atom stereocenters. The Kier molecular flexibility index (Phi) is 4.01. The maximum absolute atomic E-state index is 10.1. The highest BCUT2D eigenvalue weighted by atomic mass is 79.9. The van der Waals surface area contributed by atoms with E-state index in [4.69, 9.17) is 0 Å². The van der Waals surface area contributed by atoms with Gasteiger partial charge in [0.15, 0.2) is 0 Å². The van der Waals surface area contributed by atoms with Crippen LogP contribution in [0, 0.1) is 11.3 Å². The Morgan fingerprint density at radius 2 is 2.05 bits per heavy atom. The van der Waals surface area contributed by atoms with Crippen LogP contribution >= 0.6 is 31.9 Å². The molecule has 0 atom stereocenters. The van der Waals surface area contributed by atoms with Crippen molar-refractivity contribution in [3.63, 3.8) is 0 Å². The third-order valence-corrected chi connectivity index (χ3v) is 4.18. The zero-order valence-electron chi connectivity index (χ0n) is 11.1. The molecule has 3 rings (SSSR count). The summed E-state index contributed by atoms with van der Waals surface area (Å²) in [7, 11) is 0. The number of phenols is 1. The predicted octanol–water partition coefficient (Wildman–Crippen LogP) is 4.86. The molecule has 0 spiro atoms. The Morgan fingerprint density at radius 1 is 1.27 bits per heavy atom. The number of H-pyrrole nitrogens is 1. The van der Waals surface area contributed by atoms with Crippen molar-refractivity contribution < 1.29 is 5.11 Å². The maximum atomic E-state index is 10.1. The van der Waals surface area contributed by atoms with Crippen LogP contribution in [0.5, 0.6) is 5.75 Å². The third kappa shape index (κ3) is 2.78. The first-order valence-corrected chi connectivity index (χ1v) is 7.92. The van der Waals surface area contributed by atoms with Crippen molar-refractivity contribution >= 4 is 54.5 Å². The molecule has 22 heavy (non-hydrogen) atoms. The number of phenolic OH excluding ortho intramolecular Hbond substituents is 1. The molecule has 1 heterocycles. The van der Waals surface area contributed by atoms with E-state index in [0.29, 0.717) is 21.4 Å². The molecule has 108 valence electrons. The summed E-state index contributed by atoms with van der Waals surface area (Å²) in [5, 5.41) is 19.5. The average molecular weight is 419 g/mol. The summed E-state index contributed by atoms with van der Waals surface area (Å²) in [6.45, 7) is 0. The molecule has 0 fully saturated rings. The van der Waals surface area contributed by atoms with E-state index in [-0.39, 0.29) is 5.75 Å². The standard InChI is InChI=1S/C16H9Br2N3O/c17-11-6-9(15(22)12(18)7-11)5-10(8-19)16-20-13-3-1-2-4-14(13)21-16/h1-7,22H,(H,20,21)/b10-5-. The van der Waals surface area contributed by atoms with Crippen molar-refractivity contribution in [2.45, 2.75) is 0 Å². The van der Waals surface area contributed by atoms with Crippen molar-refractivity contribution in [2.75, 3.05) is 0 Å². The molecule has 0 aliphatic rings. The smallest absolute Gasteiger partial charge is 0.149 e. The SMILES string of the molecule is N#C/C(=C/c1cc(Br)cc(Br)c1O)c1nc2ccccc2[nH]1. The number of allylic oxidation sites excluding steroid dienone is 1. The van der Waals surface area contributed by atoms with Gasteiger partial charge in [0.05, 0.1) is 21.1 Å². The van der Waals surface area contributed by atoms with Gasteiger partial charge in [-0.25, -0.2) is 4.98 Å². The van der Waals surface area contributed by atoms with Gasteiger partial charge in [-0.2, -0.15) is 5.26 Å². The van der Waals surface area contributed by atoms with Crippen LogP contribution < -0.4 is 0 Å². The van der Waals surface area contributed by atoms with Gasteiger partial charge < -0.3 is 10.1 Å². The lowest BCUT2D eigenvalue weighted by Crippen LogP contribution is -1.86. The Morgan fingerprint density at radius 3 is 2.77 bits per heavy atom. The van der Waals surface area contributed by atoms with Crippen LogP contribution in [-0.4, -0.2) is 15.1 Å². The Labute approximate surface area is 143 Å². The maximum Gasteiger partial charge on any atom is 0.149 e. The number of nitriles is 1. The second-order valence-electron chi connectivity index (χ2n) is 4.60. The zero-order valence-corrected chi connectivity index (χ0v) is 14.3. The molecule has 0 aliphatic heterocycles. The number of nitrogens with zero attached hydrogens (tertiary/aromatic N) is 2. The van der Waals surface area contributed by atoms with E-state index in [1.807, 2.05) is 24.3 Å². The van der Waals surface area contributed by atoms with Crippen LogP contribution in [0.4, 0.5) is 0 Å². The number of benzene rings is 2. The number of nitrogens with one attached hydrogen (secondary N) is 1. The van der Waals surface area contributed by atoms with Crippen LogP contribution in [0.1, 0.15) is 11.4 Å². The number of imidazole rings is 1. The second-order valence-corrected chi connectivity index (χ2v) is 6.37. The van der Waals surface area contributed by atoms with E-state index in [1.54, 1.807) is 18.2 Å². The summed E-state index contributed by atoms with van der Waals surface area (Å²) >= 11 is 6.64. The molecule has 4 nitrogen and oxygen atoms in total. The molecule has 2 N–H and O–H groups in total. The van der Waals surface area contributed by atoms with Gasteiger partial charge in [0, 0.05) is 10.0 Å². The average Bonchev–Trinajstić information content (AvgIpc) is 2.93. The number of rotatable bonds is 2. The lowest BCUT2D eigenvalue weighted by Gasteiger charge is -2.04. The highest BCUT2D eigenvalue weighted by Gasteiger charge is 2.11. The topological polar surface area (TPSA) is 72.7 Å². The zero-order chi connectivity index (χ0) is 15.7. The molecule has 0 saturated heterocycles. The van der Waals surface area contributed by atoms with Gasteiger partial charge in [-0.1, -0.05) is 28.1 Å². The van der Waals surface area contributed by atoms with Gasteiger partial charge in [0.1, 0.15) is 17.6 Å². The van der Waals surface area contributed by atoms with Crippen molar-refractivity contribution in [3.05, 3.63) is 56.7 Å². The number of hydrogen-bond acceptors (Lipinski definition) is 3. The van der Waals surface area contributed by atoms with Gasteiger partial charge in [-0.3, -0.25) is 0 Å². The van der Waals surface area contributed by atoms with Gasteiger partial charge in [-0.05, 0) is 46.3 Å². The number of para-hydroxylation sites is 2. The Hall–Kier alpha value is -2.10. The van der Waals surface area contributed by atoms with Crippen LogP contribution in [0.2, 0.25) is 0 Å². The number of hydrogen-bond donors (Lipinski definition) is 2. The molecule has 0 aliphatic carbocycles. The molecule has 3 aromatic rings. The van der Waals surface area contributed by atoms with Crippen LogP contribution in [-0.2, 0) is 0 Å². The minimum Gasteiger partial charge on any atom is -0.506 e. The predicted molar refractivity (Wildman–Crippen MR) is 93.1 cm³/mol. The van der Waals surface area contributed by atoms with E-state index in [2.05, 4.69) is 47.9 Å². The van der Waals surface area contributed by atoms with Crippen molar-refractivity contribution in [1.82, 2.24) is 9.97 Å². The summed E-state index contributed by atoms with van der Waals surface area (Å²) in [6, 6.07) is 13.2. The fraction of sp³-hybridized carbons (Fsp3) is 0. The molecule has 1 aromatic heterocycles. The quantitative estimate of drug-likeness (QED) is 0.583. The van der Waals surface area contributed by atoms with Crippen LogP contribution in [0.3, 0.4) is 0 Å². The minimum atomic E-state index is 0.0760. The first kappa shape index (κ1) is 14.8. The molecule has 0 bridgehead atoms. The van der Waals surface area contributed by atoms with E-state index in [9.17, 15) is 10.4 Å². The molecule has 0 amide bonds. The van der Waals surface area contributed by atoms with E-state index in [0.717, 1.165) is 15.5 Å². The van der Waals surface area contributed by atoms with Gasteiger partial charge >= 0.3 is 0 Å². The summed E-state index contributed by atoms with van der Waals surface area (Å²) in [6.07, 6.45) is 1.60. The van der Waals surface area contributed by atoms with Crippen molar-refractivity contribution in [1.29, 1.82) is 5.26 Å². The van der Waals surface area contributed by atoms with Gasteiger partial charge in [-0.15, -0.1) is 0 Å². The first-order chi connectivity index (χ1) is 10.6. The summed E-state index contributed by atoms with van der Waals surface area (Å²) < 4.78 is 1.35. The number of aromatic hydroxyl groups is 1. The Bertz CT molecular complexity index is 905. The van der Waals surface area contributed by atoms with Crippen LogP contribution in [0.15, 0.2) is 45.3 Å². The van der Waals surface area contributed by atoms with E-state index in [1.165, 1.54) is 0 Å². The molecule has 6 heteroatoms. The first-order valence-electron chi connectivity index (χ1n) is 6.33.